The molecule has 0 saturated carbocycles. The number of fused-ring (bicyclic) bond motifs is 1. The molecule has 0 saturated heterocycles. The second-order valence-corrected chi connectivity index (χ2v) is 11.7. The number of nitrogens with one attached hydrogen (secondary N) is 1. The van der Waals surface area contributed by atoms with Crippen LogP contribution in [0.5, 0.6) is 0 Å². The molecule has 2 aromatic heterocycles. The van der Waals surface area contributed by atoms with E-state index in [2.05, 4.69) is 28.1 Å². The number of nitrogens with zero attached hydrogens (tertiary/aromatic N) is 2. The molecule has 0 spiro atoms. The summed E-state index contributed by atoms with van der Waals surface area (Å²) < 4.78 is 35.5. The highest BCUT2D eigenvalue weighted by Gasteiger charge is 2.27. The highest BCUT2D eigenvalue weighted by Crippen LogP contribution is 2.38. The summed E-state index contributed by atoms with van der Waals surface area (Å²) in [4.78, 5) is 17.3. The molecule has 9 heteroatoms. The number of carbonyl (C=O) groups excluding carboxylic acids is 1. The average Bonchev–Trinajstić information content (AvgIpc) is 3.47. The summed E-state index contributed by atoms with van der Waals surface area (Å²) >= 11 is 1.21. The first-order valence-electron chi connectivity index (χ1n) is 11.2. The number of carbonyl (C=O) groups is 1. The number of rotatable bonds is 8. The van der Waals surface area contributed by atoms with Crippen LogP contribution in [0.15, 0.2) is 46.9 Å². The third-order valence-electron chi connectivity index (χ3n) is 5.59. The van der Waals surface area contributed by atoms with E-state index >= 15 is 0 Å². The van der Waals surface area contributed by atoms with Gasteiger partial charge in [0.15, 0.2) is 0 Å². The van der Waals surface area contributed by atoms with Crippen molar-refractivity contribution in [3.05, 3.63) is 59.0 Å². The van der Waals surface area contributed by atoms with Gasteiger partial charge in [0, 0.05) is 29.3 Å². The SMILES string of the molecule is CCCOC(=O)NS(=O)(=O)c1sc(CC(C)C)cc1-c1ccc([C@@H]2CCc3nccn32)cc1. The van der Waals surface area contributed by atoms with Crippen molar-refractivity contribution < 1.29 is 17.9 Å². The topological polar surface area (TPSA) is 90.3 Å². The van der Waals surface area contributed by atoms with Gasteiger partial charge in [0.2, 0.25) is 0 Å². The minimum Gasteiger partial charge on any atom is -0.449 e. The van der Waals surface area contributed by atoms with E-state index in [1.807, 2.05) is 49.6 Å². The van der Waals surface area contributed by atoms with Crippen LogP contribution in [-0.2, 0) is 27.6 Å². The molecule has 4 rings (SSSR count). The molecule has 0 unspecified atom stereocenters. The number of hydrogen-bond donors (Lipinski definition) is 1. The number of ether oxygens (including phenoxy) is 1. The van der Waals surface area contributed by atoms with E-state index < -0.39 is 16.1 Å². The Hall–Kier alpha value is -2.65. The van der Waals surface area contributed by atoms with Crippen molar-refractivity contribution in [1.29, 1.82) is 0 Å². The first-order chi connectivity index (χ1) is 15.8. The van der Waals surface area contributed by atoms with Crippen molar-refractivity contribution in [2.75, 3.05) is 6.61 Å². The van der Waals surface area contributed by atoms with E-state index in [0.29, 0.717) is 17.9 Å². The van der Waals surface area contributed by atoms with E-state index in [0.717, 1.165) is 35.5 Å². The molecule has 1 N–H and O–H groups in total. The molecule has 33 heavy (non-hydrogen) atoms. The third kappa shape index (κ3) is 5.14. The van der Waals surface area contributed by atoms with Crippen molar-refractivity contribution in [2.45, 2.75) is 56.7 Å². The second kappa shape index (κ2) is 9.69. The molecule has 1 atom stereocenters. The Morgan fingerprint density at radius 3 is 2.76 bits per heavy atom. The maximum Gasteiger partial charge on any atom is 0.421 e. The van der Waals surface area contributed by atoms with Crippen molar-refractivity contribution in [3.8, 4) is 11.1 Å². The summed E-state index contributed by atoms with van der Waals surface area (Å²) in [7, 11) is -4.06. The van der Waals surface area contributed by atoms with Crippen molar-refractivity contribution in [3.63, 3.8) is 0 Å². The molecule has 3 aromatic rings. The Labute approximate surface area is 198 Å². The lowest BCUT2D eigenvalue weighted by Gasteiger charge is -2.14. The van der Waals surface area contributed by atoms with E-state index in [4.69, 9.17) is 4.74 Å². The molecular formula is C24H29N3O4S2. The van der Waals surface area contributed by atoms with Gasteiger partial charge in [0.05, 0.1) is 12.6 Å². The summed E-state index contributed by atoms with van der Waals surface area (Å²) in [5, 5.41) is 0. The molecule has 176 valence electrons. The lowest BCUT2D eigenvalue weighted by atomic mass is 10.0. The lowest BCUT2D eigenvalue weighted by Crippen LogP contribution is -2.31. The molecule has 0 radical (unpaired) electrons. The molecular weight excluding hydrogens is 458 g/mol. The number of thiophene rings is 1. The molecule has 0 bridgehead atoms. The Morgan fingerprint density at radius 2 is 2.06 bits per heavy atom. The number of amides is 1. The monoisotopic (exact) mass is 487 g/mol. The molecule has 0 aliphatic carbocycles. The number of sulfonamides is 1. The highest BCUT2D eigenvalue weighted by molar-refractivity contribution is 7.92. The predicted molar refractivity (Wildman–Crippen MR) is 129 cm³/mol. The van der Waals surface area contributed by atoms with Crippen LogP contribution < -0.4 is 4.72 Å². The number of aryl methyl sites for hydroxylation is 1. The maximum absolute atomic E-state index is 13.1. The largest absolute Gasteiger partial charge is 0.449 e. The van der Waals surface area contributed by atoms with Gasteiger partial charge in [-0.05, 0) is 42.4 Å². The zero-order chi connectivity index (χ0) is 23.6. The molecule has 1 amide bonds. The quantitative estimate of drug-likeness (QED) is 0.473. The number of benzene rings is 1. The third-order valence-corrected chi connectivity index (χ3v) is 8.59. The average molecular weight is 488 g/mol. The smallest absolute Gasteiger partial charge is 0.421 e. The second-order valence-electron chi connectivity index (χ2n) is 8.68. The number of aromatic nitrogens is 2. The van der Waals surface area contributed by atoms with Gasteiger partial charge in [0.25, 0.3) is 10.0 Å². The van der Waals surface area contributed by atoms with Crippen LogP contribution in [0.25, 0.3) is 11.1 Å². The number of hydrogen-bond acceptors (Lipinski definition) is 6. The fourth-order valence-corrected chi connectivity index (χ4v) is 6.99. The van der Waals surface area contributed by atoms with Crippen LogP contribution in [0.2, 0.25) is 0 Å². The van der Waals surface area contributed by atoms with Crippen LogP contribution in [0, 0.1) is 5.92 Å². The van der Waals surface area contributed by atoms with Crippen molar-refractivity contribution in [1.82, 2.24) is 14.3 Å². The van der Waals surface area contributed by atoms with Crippen molar-refractivity contribution in [2.24, 2.45) is 5.92 Å². The molecule has 3 heterocycles. The van der Waals surface area contributed by atoms with E-state index in [1.165, 1.54) is 16.9 Å². The van der Waals surface area contributed by atoms with Gasteiger partial charge in [-0.2, -0.15) is 0 Å². The molecule has 1 aliphatic heterocycles. The summed E-state index contributed by atoms with van der Waals surface area (Å²) in [6.07, 6.45) is 6.21. The van der Waals surface area contributed by atoms with Crippen LogP contribution in [-0.4, -0.2) is 30.7 Å². The van der Waals surface area contributed by atoms with E-state index in [9.17, 15) is 13.2 Å². The lowest BCUT2D eigenvalue weighted by molar-refractivity contribution is 0.152. The molecule has 0 fully saturated rings. The van der Waals surface area contributed by atoms with Crippen LogP contribution in [0.3, 0.4) is 0 Å². The molecule has 1 aromatic carbocycles. The minimum atomic E-state index is -4.06. The Balaban J connectivity index is 1.65. The van der Waals surface area contributed by atoms with Gasteiger partial charge in [0.1, 0.15) is 10.0 Å². The fraction of sp³-hybridized carbons (Fsp3) is 0.417. The maximum atomic E-state index is 13.1. The Bertz CT molecular complexity index is 1230. The van der Waals surface area contributed by atoms with Crippen LogP contribution in [0.1, 0.15) is 55.9 Å². The molecule has 1 aliphatic rings. The van der Waals surface area contributed by atoms with Gasteiger partial charge in [-0.3, -0.25) is 0 Å². The van der Waals surface area contributed by atoms with E-state index in [1.54, 1.807) is 0 Å². The van der Waals surface area contributed by atoms with Gasteiger partial charge in [-0.1, -0.05) is 45.0 Å². The summed E-state index contributed by atoms with van der Waals surface area (Å²) in [6.45, 7) is 6.20. The van der Waals surface area contributed by atoms with Gasteiger partial charge < -0.3 is 9.30 Å². The predicted octanol–water partition coefficient (Wildman–Crippen LogP) is 5.17. The van der Waals surface area contributed by atoms with Gasteiger partial charge >= 0.3 is 6.09 Å². The van der Waals surface area contributed by atoms with Crippen LogP contribution in [0.4, 0.5) is 4.79 Å². The zero-order valence-electron chi connectivity index (χ0n) is 19.1. The zero-order valence-corrected chi connectivity index (χ0v) is 20.7. The standard InChI is InChI=1S/C24H29N3O4S2/c1-4-13-31-24(28)26-33(29,30)23-20(15-19(32-23)14-16(2)3)17-5-7-18(8-6-17)21-9-10-22-25-11-12-27(21)22/h5-8,11-12,15-16,21H,4,9-10,13-14H2,1-3H3,(H,26,28)/t21-/m0/s1. The first kappa shape index (κ1) is 23.5. The first-order valence-corrected chi connectivity index (χ1v) is 13.5. The summed E-state index contributed by atoms with van der Waals surface area (Å²) in [6, 6.07) is 10.2. The minimum absolute atomic E-state index is 0.136. The van der Waals surface area contributed by atoms with Crippen LogP contribution >= 0.6 is 11.3 Å². The Kier molecular flexibility index (Phi) is 6.90. The van der Waals surface area contributed by atoms with Gasteiger partial charge in [-0.25, -0.2) is 22.9 Å². The Morgan fingerprint density at radius 1 is 1.30 bits per heavy atom. The van der Waals surface area contributed by atoms with Gasteiger partial charge in [-0.15, -0.1) is 11.3 Å². The summed E-state index contributed by atoms with van der Waals surface area (Å²) in [5.41, 5.74) is 2.57. The van der Waals surface area contributed by atoms with Crippen molar-refractivity contribution >= 4 is 27.5 Å². The fourth-order valence-electron chi connectivity index (χ4n) is 4.15. The highest BCUT2D eigenvalue weighted by atomic mass is 32.2. The molecule has 7 nitrogen and oxygen atoms in total. The number of imidazole rings is 1. The summed E-state index contributed by atoms with van der Waals surface area (Å²) in [5.74, 6) is 1.47. The van der Waals surface area contributed by atoms with E-state index in [-0.39, 0.29) is 16.9 Å². The normalized spacial score (nSPS) is 15.6.